The smallest absolute Gasteiger partial charge is 0.158 e. The molecule has 0 unspecified atom stereocenters. The first-order valence-electron chi connectivity index (χ1n) is 7.27. The summed E-state index contributed by atoms with van der Waals surface area (Å²) in [5, 5.41) is 24.1. The minimum Gasteiger partial charge on any atom is -0.389 e. The van der Waals surface area contributed by atoms with Crippen LogP contribution in [0.3, 0.4) is 0 Å². The molecule has 2 N–H and O–H groups in total. The highest BCUT2D eigenvalue weighted by atomic mass is 35.5. The van der Waals surface area contributed by atoms with Crippen molar-refractivity contribution in [2.24, 2.45) is 0 Å². The lowest BCUT2D eigenvalue weighted by atomic mass is 10.1. The van der Waals surface area contributed by atoms with Crippen LogP contribution >= 0.6 is 11.6 Å². The standard InChI is InChI=1S/C17H17ClN4O/c1-17(2,23)10-20-16-14-9-19-8-7-13(14)15(21-22-16)11-3-5-12(18)6-4-11/h3-9,23H,10H2,1-2H3,(H,20,22). The predicted molar refractivity (Wildman–Crippen MR) is 92.6 cm³/mol. The van der Waals surface area contributed by atoms with Crippen molar-refractivity contribution in [2.75, 3.05) is 11.9 Å². The number of aromatic nitrogens is 3. The third-order valence-corrected chi connectivity index (χ3v) is 3.64. The Balaban J connectivity index is 2.07. The van der Waals surface area contributed by atoms with Gasteiger partial charge in [0.15, 0.2) is 5.82 Å². The van der Waals surface area contributed by atoms with E-state index in [1.165, 1.54) is 0 Å². The average Bonchev–Trinajstić information content (AvgIpc) is 2.53. The number of benzene rings is 1. The fourth-order valence-electron chi connectivity index (χ4n) is 2.25. The van der Waals surface area contributed by atoms with Crippen molar-refractivity contribution in [1.29, 1.82) is 0 Å². The van der Waals surface area contributed by atoms with Crippen LogP contribution in [0.4, 0.5) is 5.82 Å². The van der Waals surface area contributed by atoms with Gasteiger partial charge in [0.25, 0.3) is 0 Å². The van der Waals surface area contributed by atoms with Crippen LogP contribution in [0.5, 0.6) is 0 Å². The highest BCUT2D eigenvalue weighted by Crippen LogP contribution is 2.29. The highest BCUT2D eigenvalue weighted by Gasteiger charge is 2.15. The molecular weight excluding hydrogens is 312 g/mol. The van der Waals surface area contributed by atoms with Crippen LogP contribution in [-0.2, 0) is 0 Å². The quantitative estimate of drug-likeness (QED) is 0.766. The normalized spacial score (nSPS) is 11.7. The predicted octanol–water partition coefficient (Wildman–Crippen LogP) is 3.53. The number of halogens is 1. The summed E-state index contributed by atoms with van der Waals surface area (Å²) in [5.74, 6) is 0.605. The zero-order valence-corrected chi connectivity index (χ0v) is 13.7. The van der Waals surface area contributed by atoms with Crippen LogP contribution < -0.4 is 5.32 Å². The Labute approximate surface area is 139 Å². The average molecular weight is 329 g/mol. The molecule has 0 amide bonds. The van der Waals surface area contributed by atoms with Crippen LogP contribution in [0, 0.1) is 0 Å². The van der Waals surface area contributed by atoms with E-state index in [-0.39, 0.29) is 0 Å². The maximum atomic E-state index is 9.87. The highest BCUT2D eigenvalue weighted by molar-refractivity contribution is 6.30. The van der Waals surface area contributed by atoms with Crippen LogP contribution in [0.25, 0.3) is 22.0 Å². The monoisotopic (exact) mass is 328 g/mol. The number of pyridine rings is 1. The second-order valence-electron chi connectivity index (χ2n) is 5.99. The number of nitrogens with one attached hydrogen (secondary N) is 1. The van der Waals surface area contributed by atoms with Gasteiger partial charge in [-0.15, -0.1) is 10.2 Å². The number of fused-ring (bicyclic) bond motifs is 1. The summed E-state index contributed by atoms with van der Waals surface area (Å²) in [6.07, 6.45) is 3.47. The van der Waals surface area contributed by atoms with Gasteiger partial charge in [0, 0.05) is 40.3 Å². The van der Waals surface area contributed by atoms with Crippen molar-refractivity contribution in [3.63, 3.8) is 0 Å². The van der Waals surface area contributed by atoms with Gasteiger partial charge in [0.05, 0.1) is 5.60 Å². The van der Waals surface area contributed by atoms with Crippen LogP contribution in [0.15, 0.2) is 42.7 Å². The third kappa shape index (κ3) is 3.57. The molecule has 0 atom stereocenters. The summed E-state index contributed by atoms with van der Waals surface area (Å²) in [4.78, 5) is 4.18. The minimum absolute atomic E-state index is 0.367. The molecule has 118 valence electrons. The zero-order valence-electron chi connectivity index (χ0n) is 12.9. The molecule has 0 aliphatic rings. The molecule has 3 aromatic rings. The van der Waals surface area contributed by atoms with Crippen LogP contribution in [0.2, 0.25) is 5.02 Å². The number of rotatable bonds is 4. The molecule has 3 rings (SSSR count). The molecule has 0 bridgehead atoms. The van der Waals surface area contributed by atoms with Gasteiger partial charge >= 0.3 is 0 Å². The summed E-state index contributed by atoms with van der Waals surface area (Å²) >= 11 is 5.95. The molecule has 0 saturated heterocycles. The summed E-state index contributed by atoms with van der Waals surface area (Å²) in [5.41, 5.74) is 0.866. The Morgan fingerprint density at radius 1 is 1.09 bits per heavy atom. The van der Waals surface area contributed by atoms with E-state index >= 15 is 0 Å². The van der Waals surface area contributed by atoms with E-state index in [2.05, 4.69) is 20.5 Å². The minimum atomic E-state index is -0.842. The van der Waals surface area contributed by atoms with Gasteiger partial charge < -0.3 is 10.4 Å². The van der Waals surface area contributed by atoms with E-state index in [1.807, 2.05) is 30.3 Å². The van der Waals surface area contributed by atoms with Crippen molar-refractivity contribution in [2.45, 2.75) is 19.4 Å². The molecule has 23 heavy (non-hydrogen) atoms. The molecule has 0 radical (unpaired) electrons. The lowest BCUT2D eigenvalue weighted by Crippen LogP contribution is -2.29. The Morgan fingerprint density at radius 2 is 1.83 bits per heavy atom. The Morgan fingerprint density at radius 3 is 2.52 bits per heavy atom. The van der Waals surface area contributed by atoms with Crippen molar-refractivity contribution >= 4 is 28.2 Å². The van der Waals surface area contributed by atoms with Gasteiger partial charge in [-0.25, -0.2) is 0 Å². The number of nitrogens with zero attached hydrogens (tertiary/aromatic N) is 3. The molecule has 6 heteroatoms. The van der Waals surface area contributed by atoms with Crippen molar-refractivity contribution in [1.82, 2.24) is 15.2 Å². The Hall–Kier alpha value is -2.24. The lowest BCUT2D eigenvalue weighted by Gasteiger charge is -2.18. The second-order valence-corrected chi connectivity index (χ2v) is 6.43. The van der Waals surface area contributed by atoms with E-state index in [4.69, 9.17) is 11.6 Å². The molecule has 2 aromatic heterocycles. The first-order valence-corrected chi connectivity index (χ1v) is 7.64. The summed E-state index contributed by atoms with van der Waals surface area (Å²) < 4.78 is 0. The maximum Gasteiger partial charge on any atom is 0.158 e. The zero-order chi connectivity index (χ0) is 16.4. The van der Waals surface area contributed by atoms with Gasteiger partial charge in [-0.1, -0.05) is 23.7 Å². The van der Waals surface area contributed by atoms with Gasteiger partial charge in [-0.2, -0.15) is 0 Å². The van der Waals surface area contributed by atoms with Crippen molar-refractivity contribution in [3.05, 3.63) is 47.7 Å². The number of anilines is 1. The SMILES string of the molecule is CC(C)(O)CNc1nnc(-c2ccc(Cl)cc2)c2ccncc12. The van der Waals surface area contributed by atoms with E-state index in [0.717, 1.165) is 22.0 Å². The number of aliphatic hydroxyl groups is 1. The third-order valence-electron chi connectivity index (χ3n) is 3.39. The van der Waals surface area contributed by atoms with Crippen molar-refractivity contribution in [3.8, 4) is 11.3 Å². The van der Waals surface area contributed by atoms with Crippen LogP contribution in [0.1, 0.15) is 13.8 Å². The fourth-order valence-corrected chi connectivity index (χ4v) is 2.37. The molecule has 0 saturated carbocycles. The molecule has 0 spiro atoms. The second kappa shape index (κ2) is 6.10. The lowest BCUT2D eigenvalue weighted by molar-refractivity contribution is 0.0944. The molecule has 0 aliphatic heterocycles. The van der Waals surface area contributed by atoms with Crippen molar-refractivity contribution < 1.29 is 5.11 Å². The van der Waals surface area contributed by atoms with Gasteiger partial charge in [0.1, 0.15) is 5.69 Å². The fraction of sp³-hybridized carbons (Fsp3) is 0.235. The summed E-state index contributed by atoms with van der Waals surface area (Å²) in [6.45, 7) is 3.83. The first-order chi connectivity index (χ1) is 10.9. The molecule has 0 aliphatic carbocycles. The van der Waals surface area contributed by atoms with Gasteiger partial charge in [-0.3, -0.25) is 4.98 Å². The maximum absolute atomic E-state index is 9.87. The molecule has 1 aromatic carbocycles. The van der Waals surface area contributed by atoms with E-state index in [9.17, 15) is 5.11 Å². The van der Waals surface area contributed by atoms with E-state index in [1.54, 1.807) is 26.2 Å². The topological polar surface area (TPSA) is 70.9 Å². The van der Waals surface area contributed by atoms with Gasteiger partial charge in [-0.05, 0) is 32.0 Å². The first kappa shape index (κ1) is 15.6. The largest absolute Gasteiger partial charge is 0.389 e. The Kier molecular flexibility index (Phi) is 4.15. The van der Waals surface area contributed by atoms with Crippen LogP contribution in [-0.4, -0.2) is 32.4 Å². The number of hydrogen-bond donors (Lipinski definition) is 2. The summed E-state index contributed by atoms with van der Waals surface area (Å²) in [7, 11) is 0. The summed E-state index contributed by atoms with van der Waals surface area (Å²) in [6, 6.07) is 9.38. The Bertz CT molecular complexity index is 828. The molecule has 0 fully saturated rings. The van der Waals surface area contributed by atoms with E-state index in [0.29, 0.717) is 17.4 Å². The molecule has 5 nitrogen and oxygen atoms in total. The number of hydrogen-bond acceptors (Lipinski definition) is 5. The molecule has 2 heterocycles. The van der Waals surface area contributed by atoms with E-state index < -0.39 is 5.60 Å². The molecular formula is C17H17ClN4O. The van der Waals surface area contributed by atoms with Gasteiger partial charge in [0.2, 0.25) is 0 Å².